The summed E-state index contributed by atoms with van der Waals surface area (Å²) < 4.78 is 0. The van der Waals surface area contributed by atoms with Gasteiger partial charge in [0.05, 0.1) is 5.52 Å². The van der Waals surface area contributed by atoms with Crippen molar-refractivity contribution < 1.29 is 0 Å². The van der Waals surface area contributed by atoms with E-state index in [9.17, 15) is 0 Å². The van der Waals surface area contributed by atoms with Crippen molar-refractivity contribution in [2.45, 2.75) is 16.8 Å². The largest absolute Gasteiger partial charge is 0.351 e. The van der Waals surface area contributed by atoms with E-state index in [2.05, 4.69) is 52.2 Å². The van der Waals surface area contributed by atoms with Crippen LogP contribution in [0.1, 0.15) is 5.56 Å². The van der Waals surface area contributed by atoms with E-state index in [-0.39, 0.29) is 0 Å². The van der Waals surface area contributed by atoms with E-state index in [1.807, 2.05) is 18.2 Å². The maximum Gasteiger partial charge on any atom is 0.128 e. The molecule has 0 unspecified atom stereocenters. The van der Waals surface area contributed by atoms with Crippen molar-refractivity contribution in [1.82, 2.24) is 15.0 Å². The quantitative estimate of drug-likeness (QED) is 0.550. The van der Waals surface area contributed by atoms with Crippen molar-refractivity contribution in [3.8, 4) is 0 Å². The molecule has 2 heterocycles. The molecule has 0 saturated carbocycles. The Balaban J connectivity index is 1.92. The second-order valence-corrected chi connectivity index (χ2v) is 6.05. The molecule has 0 fully saturated rings. The van der Waals surface area contributed by atoms with E-state index in [1.54, 1.807) is 18.1 Å². The zero-order chi connectivity index (χ0) is 14.2. The molecular weight excluding hydrogens is 278 g/mol. The molecule has 0 aliphatic carbocycles. The van der Waals surface area contributed by atoms with Crippen LogP contribution in [0.3, 0.4) is 0 Å². The minimum absolute atomic E-state index is 0.958. The summed E-state index contributed by atoms with van der Waals surface area (Å²) >= 11 is 1.65. The Labute approximate surface area is 126 Å². The SMILES string of the molecule is Cc1ccc2[nH]c3c(Sc4ccccc4)ncnc3c2c1. The van der Waals surface area contributed by atoms with Crippen LogP contribution in [0, 0.1) is 6.92 Å². The Hall–Kier alpha value is -2.33. The van der Waals surface area contributed by atoms with Crippen LogP contribution in [-0.4, -0.2) is 15.0 Å². The monoisotopic (exact) mass is 291 g/mol. The Bertz CT molecular complexity index is 929. The van der Waals surface area contributed by atoms with Crippen molar-refractivity contribution in [3.63, 3.8) is 0 Å². The molecule has 0 radical (unpaired) electrons. The number of benzene rings is 2. The van der Waals surface area contributed by atoms with E-state index < -0.39 is 0 Å². The van der Waals surface area contributed by atoms with Crippen molar-refractivity contribution >= 4 is 33.7 Å². The number of fused-ring (bicyclic) bond motifs is 3. The molecule has 4 heteroatoms. The molecule has 1 N–H and O–H groups in total. The van der Waals surface area contributed by atoms with Gasteiger partial charge in [0.1, 0.15) is 16.9 Å². The number of H-pyrrole nitrogens is 1. The Morgan fingerprint density at radius 3 is 2.71 bits per heavy atom. The second-order valence-electron chi connectivity index (χ2n) is 4.99. The van der Waals surface area contributed by atoms with Gasteiger partial charge < -0.3 is 4.98 Å². The molecule has 0 atom stereocenters. The third kappa shape index (κ3) is 2.17. The standard InChI is InChI=1S/C17H13N3S/c1-11-7-8-14-13(9-11)15-16(20-14)17(19-10-18-15)21-12-5-3-2-4-6-12/h2-10,20H,1H3. The molecule has 0 bridgehead atoms. The van der Waals surface area contributed by atoms with Gasteiger partial charge in [0, 0.05) is 15.8 Å². The van der Waals surface area contributed by atoms with Gasteiger partial charge in [-0.15, -0.1) is 0 Å². The summed E-state index contributed by atoms with van der Waals surface area (Å²) in [6.45, 7) is 2.10. The predicted octanol–water partition coefficient (Wildman–Crippen LogP) is 4.57. The molecule has 2 aromatic carbocycles. The molecule has 0 spiro atoms. The molecule has 3 nitrogen and oxygen atoms in total. The fourth-order valence-corrected chi connectivity index (χ4v) is 3.33. The lowest BCUT2D eigenvalue weighted by molar-refractivity contribution is 1.09. The van der Waals surface area contributed by atoms with Crippen LogP contribution < -0.4 is 0 Å². The van der Waals surface area contributed by atoms with Gasteiger partial charge >= 0.3 is 0 Å². The first kappa shape index (κ1) is 12.4. The van der Waals surface area contributed by atoms with Gasteiger partial charge in [-0.2, -0.15) is 0 Å². The third-order valence-corrected chi connectivity index (χ3v) is 4.47. The number of hydrogen-bond acceptors (Lipinski definition) is 3. The van der Waals surface area contributed by atoms with Crippen LogP contribution >= 0.6 is 11.8 Å². The van der Waals surface area contributed by atoms with Crippen molar-refractivity contribution in [2.24, 2.45) is 0 Å². The maximum atomic E-state index is 4.46. The molecule has 0 amide bonds. The van der Waals surface area contributed by atoms with Gasteiger partial charge in [0.2, 0.25) is 0 Å². The van der Waals surface area contributed by atoms with Crippen LogP contribution in [-0.2, 0) is 0 Å². The average molecular weight is 291 g/mol. The summed E-state index contributed by atoms with van der Waals surface area (Å²) in [6, 6.07) is 16.6. The average Bonchev–Trinajstić information content (AvgIpc) is 2.88. The van der Waals surface area contributed by atoms with E-state index in [0.717, 1.165) is 27.0 Å². The van der Waals surface area contributed by atoms with E-state index in [1.165, 1.54) is 10.5 Å². The number of aryl methyl sites for hydroxylation is 1. The minimum atomic E-state index is 0.958. The molecule has 4 aromatic rings. The number of aromatic amines is 1. The lowest BCUT2D eigenvalue weighted by Gasteiger charge is -2.01. The number of nitrogens with one attached hydrogen (secondary N) is 1. The number of rotatable bonds is 2. The van der Waals surface area contributed by atoms with Crippen LogP contribution in [0.2, 0.25) is 0 Å². The van der Waals surface area contributed by atoms with E-state index in [0.29, 0.717) is 0 Å². The first-order chi connectivity index (χ1) is 10.3. The van der Waals surface area contributed by atoms with Crippen molar-refractivity contribution in [2.75, 3.05) is 0 Å². The second kappa shape index (κ2) is 4.90. The topological polar surface area (TPSA) is 41.6 Å². The fourth-order valence-electron chi connectivity index (χ4n) is 2.46. The van der Waals surface area contributed by atoms with Gasteiger partial charge in [-0.1, -0.05) is 41.6 Å². The lowest BCUT2D eigenvalue weighted by Crippen LogP contribution is -1.85. The molecular formula is C17H13N3S. The highest BCUT2D eigenvalue weighted by Gasteiger charge is 2.11. The zero-order valence-corrected chi connectivity index (χ0v) is 12.3. The molecule has 21 heavy (non-hydrogen) atoms. The third-order valence-electron chi connectivity index (χ3n) is 3.46. The number of nitrogens with zero attached hydrogens (tertiary/aromatic N) is 2. The highest BCUT2D eigenvalue weighted by molar-refractivity contribution is 7.99. The molecule has 0 aliphatic rings. The van der Waals surface area contributed by atoms with Crippen LogP contribution in [0.5, 0.6) is 0 Å². The van der Waals surface area contributed by atoms with Gasteiger partial charge in [0.15, 0.2) is 0 Å². The first-order valence-corrected chi connectivity index (χ1v) is 7.59. The summed E-state index contributed by atoms with van der Waals surface area (Å²) in [5, 5.41) is 2.11. The van der Waals surface area contributed by atoms with Crippen molar-refractivity contribution in [1.29, 1.82) is 0 Å². The molecule has 0 aliphatic heterocycles. The van der Waals surface area contributed by atoms with Gasteiger partial charge in [-0.05, 0) is 31.2 Å². The van der Waals surface area contributed by atoms with E-state index in [4.69, 9.17) is 0 Å². The Kier molecular flexibility index (Phi) is 2.89. The molecule has 0 saturated heterocycles. The number of aromatic nitrogens is 3. The van der Waals surface area contributed by atoms with Gasteiger partial charge in [-0.25, -0.2) is 9.97 Å². The van der Waals surface area contributed by atoms with Crippen molar-refractivity contribution in [3.05, 3.63) is 60.4 Å². The fraction of sp³-hybridized carbons (Fsp3) is 0.0588. The number of hydrogen-bond donors (Lipinski definition) is 1. The molecule has 4 rings (SSSR count). The maximum absolute atomic E-state index is 4.46. The zero-order valence-electron chi connectivity index (χ0n) is 11.5. The summed E-state index contributed by atoms with van der Waals surface area (Å²) in [4.78, 5) is 13.5. The van der Waals surface area contributed by atoms with Gasteiger partial charge in [-0.3, -0.25) is 0 Å². The summed E-state index contributed by atoms with van der Waals surface area (Å²) in [6.07, 6.45) is 1.64. The van der Waals surface area contributed by atoms with E-state index >= 15 is 0 Å². The first-order valence-electron chi connectivity index (χ1n) is 6.77. The smallest absolute Gasteiger partial charge is 0.128 e. The summed E-state index contributed by atoms with van der Waals surface area (Å²) in [7, 11) is 0. The van der Waals surface area contributed by atoms with Crippen LogP contribution in [0.4, 0.5) is 0 Å². The Morgan fingerprint density at radius 1 is 1.00 bits per heavy atom. The lowest BCUT2D eigenvalue weighted by atomic mass is 10.2. The summed E-state index contributed by atoms with van der Waals surface area (Å²) in [5.74, 6) is 0. The predicted molar refractivity (Wildman–Crippen MR) is 86.7 cm³/mol. The highest BCUT2D eigenvalue weighted by Crippen LogP contribution is 2.33. The molecule has 2 aromatic heterocycles. The Morgan fingerprint density at radius 2 is 1.86 bits per heavy atom. The summed E-state index contributed by atoms with van der Waals surface area (Å²) in [5.41, 5.74) is 4.33. The minimum Gasteiger partial charge on any atom is -0.351 e. The molecule has 102 valence electrons. The highest BCUT2D eigenvalue weighted by atomic mass is 32.2. The van der Waals surface area contributed by atoms with Gasteiger partial charge in [0.25, 0.3) is 0 Å². The normalized spacial score (nSPS) is 11.3. The van der Waals surface area contributed by atoms with Crippen LogP contribution in [0.25, 0.3) is 21.9 Å². The van der Waals surface area contributed by atoms with Crippen LogP contribution in [0.15, 0.2) is 64.8 Å².